The summed E-state index contributed by atoms with van der Waals surface area (Å²) in [5.74, 6) is 0.203. The maximum Gasteiger partial charge on any atom is 0.416 e. The predicted molar refractivity (Wildman–Crippen MR) is 158 cm³/mol. The summed E-state index contributed by atoms with van der Waals surface area (Å²) in [7, 11) is 0. The van der Waals surface area contributed by atoms with Gasteiger partial charge in [0.25, 0.3) is 0 Å². The standard InChI is InChI=1S/C32H29F3N6O2/c1-19(42)37-31-15-10-22(18-36-31)39-26-16-28-30(17-27(26)38-21-8-13-24(43)14-9-21)41(29-5-3-2-4-25(29)40-28)23-11-6-20(7-12-23)32(33,34)35/h2-7,10-12,15-18,21,24,39,43H,8-9,13-14H2,1H3,(H,36,37,42)/b38-27+. The van der Waals surface area contributed by atoms with Gasteiger partial charge in [0, 0.05) is 12.6 Å². The van der Waals surface area contributed by atoms with Crippen LogP contribution in [0.1, 0.15) is 38.2 Å². The molecule has 220 valence electrons. The van der Waals surface area contributed by atoms with Crippen molar-refractivity contribution in [3.8, 4) is 17.1 Å². The molecule has 0 unspecified atom stereocenters. The number of halogens is 3. The minimum Gasteiger partial charge on any atom is -0.393 e. The zero-order chi connectivity index (χ0) is 30.1. The Labute approximate surface area is 245 Å². The van der Waals surface area contributed by atoms with E-state index in [9.17, 15) is 23.1 Å². The Kier molecular flexibility index (Phi) is 7.57. The fraction of sp³-hybridized carbons (Fsp3) is 0.250. The fourth-order valence-corrected chi connectivity index (χ4v) is 5.39. The second-order valence-electron chi connectivity index (χ2n) is 10.7. The first kappa shape index (κ1) is 28.4. The summed E-state index contributed by atoms with van der Waals surface area (Å²) in [6.45, 7) is 1.41. The van der Waals surface area contributed by atoms with Crippen LogP contribution in [0.2, 0.25) is 0 Å². The van der Waals surface area contributed by atoms with Crippen molar-refractivity contribution in [1.82, 2.24) is 14.5 Å². The van der Waals surface area contributed by atoms with Crippen LogP contribution in [-0.2, 0) is 11.0 Å². The number of aliphatic hydroxyl groups excluding tert-OH is 1. The summed E-state index contributed by atoms with van der Waals surface area (Å²) < 4.78 is 42.0. The quantitative estimate of drug-likeness (QED) is 0.205. The molecule has 2 heterocycles. The molecule has 1 aliphatic heterocycles. The lowest BCUT2D eigenvalue weighted by Crippen LogP contribution is -2.24. The van der Waals surface area contributed by atoms with E-state index in [1.165, 1.54) is 19.1 Å². The van der Waals surface area contributed by atoms with E-state index in [0.29, 0.717) is 58.0 Å². The summed E-state index contributed by atoms with van der Waals surface area (Å²) in [4.78, 5) is 25.7. The highest BCUT2D eigenvalue weighted by molar-refractivity contribution is 5.88. The van der Waals surface area contributed by atoms with E-state index in [1.807, 2.05) is 41.0 Å². The molecule has 8 nitrogen and oxygen atoms in total. The first-order valence-electron chi connectivity index (χ1n) is 14.0. The van der Waals surface area contributed by atoms with Crippen LogP contribution in [-0.4, -0.2) is 37.7 Å². The van der Waals surface area contributed by atoms with E-state index in [0.717, 1.165) is 30.5 Å². The molecule has 0 radical (unpaired) electrons. The molecule has 0 atom stereocenters. The summed E-state index contributed by atoms with van der Waals surface area (Å²) in [5.41, 5.74) is 3.88. The fourth-order valence-electron chi connectivity index (χ4n) is 5.39. The van der Waals surface area contributed by atoms with Gasteiger partial charge in [-0.2, -0.15) is 13.2 Å². The Balaban J connectivity index is 1.53. The minimum atomic E-state index is -4.44. The number of carbonyl (C=O) groups is 1. The molecule has 2 aliphatic carbocycles. The zero-order valence-corrected chi connectivity index (χ0v) is 23.3. The van der Waals surface area contributed by atoms with Gasteiger partial charge in [0.15, 0.2) is 0 Å². The number of alkyl halides is 3. The van der Waals surface area contributed by atoms with E-state index in [1.54, 1.807) is 18.3 Å². The van der Waals surface area contributed by atoms with Crippen molar-refractivity contribution in [2.75, 3.05) is 10.6 Å². The van der Waals surface area contributed by atoms with Crippen molar-refractivity contribution in [2.45, 2.75) is 50.9 Å². The highest BCUT2D eigenvalue weighted by Gasteiger charge is 2.30. The number of hydrogen-bond acceptors (Lipinski definition) is 6. The number of carbonyl (C=O) groups excluding carboxylic acids is 1. The number of nitrogens with zero attached hydrogens (tertiary/aromatic N) is 4. The number of hydrogen-bond donors (Lipinski definition) is 3. The van der Waals surface area contributed by atoms with Crippen LogP contribution in [0.15, 0.2) is 84.0 Å². The van der Waals surface area contributed by atoms with E-state index in [-0.39, 0.29) is 18.1 Å². The molecule has 6 rings (SSSR count). The number of benzene rings is 3. The second-order valence-corrected chi connectivity index (χ2v) is 10.7. The molecule has 3 N–H and O–H groups in total. The Bertz CT molecular complexity index is 1810. The molecule has 3 aromatic rings. The smallest absolute Gasteiger partial charge is 0.393 e. The average Bonchev–Trinajstić information content (AvgIpc) is 2.98. The van der Waals surface area contributed by atoms with Crippen molar-refractivity contribution in [2.24, 2.45) is 4.99 Å². The predicted octanol–water partition coefficient (Wildman–Crippen LogP) is 6.45. The summed E-state index contributed by atoms with van der Waals surface area (Å²) in [5, 5.41) is 16.7. The van der Waals surface area contributed by atoms with E-state index >= 15 is 0 Å². The second kappa shape index (κ2) is 11.5. The highest BCUT2D eigenvalue weighted by Crippen LogP contribution is 2.33. The normalized spacial score (nSPS) is 17.7. The largest absolute Gasteiger partial charge is 0.416 e. The van der Waals surface area contributed by atoms with E-state index in [4.69, 9.17) is 9.98 Å². The highest BCUT2D eigenvalue weighted by atomic mass is 19.4. The van der Waals surface area contributed by atoms with Gasteiger partial charge in [-0.25, -0.2) is 9.97 Å². The topological polar surface area (TPSA) is 104 Å². The molecule has 1 amide bonds. The summed E-state index contributed by atoms with van der Waals surface area (Å²) >= 11 is 0. The third-order valence-electron chi connectivity index (χ3n) is 7.48. The van der Waals surface area contributed by atoms with Crippen molar-refractivity contribution in [3.05, 3.63) is 89.9 Å². The van der Waals surface area contributed by atoms with Crippen molar-refractivity contribution >= 4 is 34.1 Å². The van der Waals surface area contributed by atoms with Gasteiger partial charge in [-0.3, -0.25) is 9.79 Å². The van der Waals surface area contributed by atoms with Gasteiger partial charge in [-0.05, 0) is 86.3 Å². The number of aliphatic hydroxyl groups is 1. The molecular formula is C32H29F3N6O2. The van der Waals surface area contributed by atoms with Crippen LogP contribution in [0.5, 0.6) is 0 Å². The first-order valence-corrected chi connectivity index (χ1v) is 14.0. The molecule has 1 saturated carbocycles. The lowest BCUT2D eigenvalue weighted by molar-refractivity contribution is -0.137. The van der Waals surface area contributed by atoms with Crippen LogP contribution in [0.25, 0.3) is 28.1 Å². The average molecular weight is 587 g/mol. The van der Waals surface area contributed by atoms with Crippen molar-refractivity contribution in [3.63, 3.8) is 0 Å². The molecule has 0 spiro atoms. The Hall–Kier alpha value is -4.77. The Morgan fingerprint density at radius 1 is 1.00 bits per heavy atom. The number of pyridine rings is 1. The van der Waals surface area contributed by atoms with Crippen LogP contribution in [0, 0.1) is 0 Å². The number of aromatic nitrogens is 3. The lowest BCUT2D eigenvalue weighted by Gasteiger charge is -2.23. The molecule has 2 aromatic carbocycles. The molecule has 1 fully saturated rings. The van der Waals surface area contributed by atoms with E-state index < -0.39 is 11.7 Å². The van der Waals surface area contributed by atoms with Gasteiger partial charge in [-0.1, -0.05) is 12.1 Å². The van der Waals surface area contributed by atoms with Crippen LogP contribution in [0.3, 0.4) is 0 Å². The third kappa shape index (κ3) is 6.21. The minimum absolute atomic E-state index is 0.00500. The van der Waals surface area contributed by atoms with Gasteiger partial charge in [-0.15, -0.1) is 0 Å². The molecule has 3 aliphatic rings. The number of nitrogens with one attached hydrogen (secondary N) is 2. The van der Waals surface area contributed by atoms with Gasteiger partial charge in [0.1, 0.15) is 5.82 Å². The maximum atomic E-state index is 13.4. The Morgan fingerprint density at radius 3 is 2.42 bits per heavy atom. The Morgan fingerprint density at radius 2 is 1.74 bits per heavy atom. The maximum absolute atomic E-state index is 13.4. The monoisotopic (exact) mass is 586 g/mol. The molecule has 43 heavy (non-hydrogen) atoms. The molecule has 1 aromatic heterocycles. The lowest BCUT2D eigenvalue weighted by atomic mass is 9.93. The van der Waals surface area contributed by atoms with Gasteiger partial charge in [0.2, 0.25) is 5.91 Å². The van der Waals surface area contributed by atoms with Gasteiger partial charge < -0.3 is 20.3 Å². The first-order chi connectivity index (χ1) is 20.6. The van der Waals surface area contributed by atoms with Gasteiger partial charge >= 0.3 is 6.18 Å². The third-order valence-corrected chi connectivity index (χ3v) is 7.48. The summed E-state index contributed by atoms with van der Waals surface area (Å²) in [6, 6.07) is 19.8. The number of rotatable bonds is 5. The number of para-hydroxylation sites is 2. The van der Waals surface area contributed by atoms with Crippen LogP contribution < -0.4 is 16.0 Å². The summed E-state index contributed by atoms with van der Waals surface area (Å²) in [6.07, 6.45) is -0.367. The van der Waals surface area contributed by atoms with Crippen LogP contribution in [0.4, 0.5) is 30.4 Å². The molecule has 0 bridgehead atoms. The van der Waals surface area contributed by atoms with Crippen molar-refractivity contribution < 1.29 is 23.1 Å². The molecule has 11 heteroatoms. The molecule has 0 saturated heterocycles. The number of fused-ring (bicyclic) bond motifs is 2. The zero-order valence-electron chi connectivity index (χ0n) is 23.3. The van der Waals surface area contributed by atoms with Gasteiger partial charge in [0.05, 0.1) is 63.1 Å². The van der Waals surface area contributed by atoms with Crippen LogP contribution >= 0.6 is 0 Å². The molecular weight excluding hydrogens is 557 g/mol. The van der Waals surface area contributed by atoms with Crippen molar-refractivity contribution in [1.29, 1.82) is 0 Å². The number of amides is 1. The number of anilines is 3. The SMILES string of the molecule is CC(=O)Nc1ccc(Nc2cc3nc4ccccc4n(-c4ccc(C(F)(F)F)cc4)c-3c/c2=N\C2CCC(O)CC2)cn1. The van der Waals surface area contributed by atoms with E-state index in [2.05, 4.69) is 15.6 Å².